The minimum Gasteiger partial charge on any atom is -0.384 e. The predicted molar refractivity (Wildman–Crippen MR) is 78.0 cm³/mol. The number of rotatable bonds is 0. The molecule has 0 spiro atoms. The molecule has 0 aromatic carbocycles. The zero-order chi connectivity index (χ0) is 12.7. The molecule has 5 nitrogen and oxygen atoms in total. The van der Waals surface area contributed by atoms with Gasteiger partial charge in [0.15, 0.2) is 0 Å². The van der Waals surface area contributed by atoms with Gasteiger partial charge < -0.3 is 16.3 Å². The maximum Gasteiger partial charge on any atom is 0.271 e. The Bertz CT molecular complexity index is 519. The fourth-order valence-corrected chi connectivity index (χ4v) is 1.28. The molecular formula is C12H14BrN5. The van der Waals surface area contributed by atoms with Crippen molar-refractivity contribution in [1.82, 2.24) is 9.97 Å². The van der Waals surface area contributed by atoms with Crippen molar-refractivity contribution in [1.29, 1.82) is 0 Å². The SMILES string of the molecule is C.Nc1cccc(Br)n1.[C-]#[N+]c1cccc(N)n1. The second-order valence-corrected chi connectivity index (χ2v) is 3.73. The van der Waals surface area contributed by atoms with Gasteiger partial charge in [-0.1, -0.05) is 26.1 Å². The van der Waals surface area contributed by atoms with Gasteiger partial charge in [0.25, 0.3) is 5.82 Å². The van der Waals surface area contributed by atoms with E-state index in [1.807, 2.05) is 12.1 Å². The van der Waals surface area contributed by atoms with Gasteiger partial charge in [-0.3, -0.25) is 0 Å². The number of aromatic nitrogens is 2. The van der Waals surface area contributed by atoms with Gasteiger partial charge in [-0.25, -0.2) is 4.98 Å². The van der Waals surface area contributed by atoms with Crippen molar-refractivity contribution >= 4 is 33.4 Å². The van der Waals surface area contributed by atoms with Crippen LogP contribution in [0.2, 0.25) is 0 Å². The summed E-state index contributed by atoms with van der Waals surface area (Å²) in [6.45, 7) is 6.55. The van der Waals surface area contributed by atoms with Crippen LogP contribution in [0.1, 0.15) is 7.43 Å². The highest BCUT2D eigenvalue weighted by atomic mass is 79.9. The van der Waals surface area contributed by atoms with Gasteiger partial charge in [0.05, 0.1) is 0 Å². The van der Waals surface area contributed by atoms with E-state index >= 15 is 0 Å². The minimum atomic E-state index is 0. The van der Waals surface area contributed by atoms with E-state index in [1.165, 1.54) is 0 Å². The molecule has 2 heterocycles. The molecule has 0 bridgehead atoms. The Labute approximate surface area is 115 Å². The Balaban J connectivity index is 0.000000306. The first-order chi connectivity index (χ1) is 8.11. The molecule has 0 aliphatic carbocycles. The van der Waals surface area contributed by atoms with E-state index in [1.54, 1.807) is 24.3 Å². The summed E-state index contributed by atoms with van der Waals surface area (Å²) in [6, 6.07) is 10.4. The van der Waals surface area contributed by atoms with Gasteiger partial charge in [0, 0.05) is 6.07 Å². The Kier molecular flexibility index (Phi) is 7.08. The molecule has 0 unspecified atom stereocenters. The first-order valence-corrected chi connectivity index (χ1v) is 5.39. The highest BCUT2D eigenvalue weighted by Crippen LogP contribution is 2.08. The average molecular weight is 308 g/mol. The molecule has 0 aliphatic heterocycles. The van der Waals surface area contributed by atoms with Crippen molar-refractivity contribution in [3.63, 3.8) is 0 Å². The summed E-state index contributed by atoms with van der Waals surface area (Å²) in [5.41, 5.74) is 10.6. The van der Waals surface area contributed by atoms with Crippen molar-refractivity contribution in [2.24, 2.45) is 0 Å². The van der Waals surface area contributed by atoms with Crippen LogP contribution in [-0.4, -0.2) is 9.97 Å². The first-order valence-electron chi connectivity index (χ1n) is 4.60. The number of anilines is 2. The van der Waals surface area contributed by atoms with Crippen molar-refractivity contribution in [3.05, 3.63) is 52.4 Å². The zero-order valence-electron chi connectivity index (χ0n) is 8.84. The Morgan fingerprint density at radius 1 is 1.00 bits per heavy atom. The normalized spacial score (nSPS) is 8.22. The molecule has 2 rings (SSSR count). The van der Waals surface area contributed by atoms with E-state index in [0.29, 0.717) is 17.5 Å². The molecule has 0 fully saturated rings. The van der Waals surface area contributed by atoms with Crippen LogP contribution in [0, 0.1) is 6.57 Å². The summed E-state index contributed by atoms with van der Waals surface area (Å²) in [5.74, 6) is 1.28. The molecular weight excluding hydrogens is 294 g/mol. The van der Waals surface area contributed by atoms with Crippen LogP contribution in [-0.2, 0) is 0 Å². The van der Waals surface area contributed by atoms with Crippen LogP contribution in [0.15, 0.2) is 41.0 Å². The lowest BCUT2D eigenvalue weighted by molar-refractivity contribution is 1.29. The molecule has 0 saturated heterocycles. The van der Waals surface area contributed by atoms with E-state index in [2.05, 4.69) is 30.7 Å². The van der Waals surface area contributed by atoms with Crippen molar-refractivity contribution < 1.29 is 0 Å². The highest BCUT2D eigenvalue weighted by Gasteiger charge is 1.91. The van der Waals surface area contributed by atoms with Crippen molar-refractivity contribution in [2.45, 2.75) is 7.43 Å². The molecule has 0 aliphatic rings. The molecule has 94 valence electrons. The fourth-order valence-electron chi connectivity index (χ4n) is 0.926. The number of hydrogen-bond acceptors (Lipinski definition) is 4. The van der Waals surface area contributed by atoms with Crippen LogP contribution < -0.4 is 11.5 Å². The van der Waals surface area contributed by atoms with Crippen LogP contribution in [0.3, 0.4) is 0 Å². The highest BCUT2D eigenvalue weighted by molar-refractivity contribution is 9.10. The van der Waals surface area contributed by atoms with Gasteiger partial charge in [-0.15, -0.1) is 4.98 Å². The third kappa shape index (κ3) is 5.82. The smallest absolute Gasteiger partial charge is 0.271 e. The Morgan fingerprint density at radius 3 is 1.89 bits per heavy atom. The van der Waals surface area contributed by atoms with Gasteiger partial charge in [-0.05, 0) is 34.1 Å². The topological polar surface area (TPSA) is 82.2 Å². The van der Waals surface area contributed by atoms with E-state index < -0.39 is 0 Å². The molecule has 6 heteroatoms. The number of nitrogens with zero attached hydrogens (tertiary/aromatic N) is 3. The summed E-state index contributed by atoms with van der Waals surface area (Å²) in [4.78, 5) is 10.7. The van der Waals surface area contributed by atoms with Crippen LogP contribution >= 0.6 is 15.9 Å². The number of halogens is 1. The molecule has 2 aromatic heterocycles. The Hall–Kier alpha value is -2.13. The van der Waals surface area contributed by atoms with Crippen molar-refractivity contribution in [3.8, 4) is 0 Å². The van der Waals surface area contributed by atoms with Crippen LogP contribution in [0.25, 0.3) is 4.85 Å². The zero-order valence-corrected chi connectivity index (χ0v) is 10.4. The molecule has 18 heavy (non-hydrogen) atoms. The molecule has 0 saturated carbocycles. The number of nitrogens with two attached hydrogens (primary N) is 2. The summed E-state index contributed by atoms with van der Waals surface area (Å²) in [6.07, 6.45) is 0. The lowest BCUT2D eigenvalue weighted by Crippen LogP contribution is -1.87. The van der Waals surface area contributed by atoms with Gasteiger partial charge in [0.2, 0.25) is 5.82 Å². The summed E-state index contributed by atoms with van der Waals surface area (Å²) in [7, 11) is 0. The number of pyridine rings is 2. The summed E-state index contributed by atoms with van der Waals surface area (Å²) >= 11 is 3.17. The lowest BCUT2D eigenvalue weighted by atomic mass is 10.4. The Morgan fingerprint density at radius 2 is 1.56 bits per heavy atom. The molecule has 0 atom stereocenters. The maximum absolute atomic E-state index is 6.55. The third-order valence-corrected chi connectivity index (χ3v) is 2.05. The van der Waals surface area contributed by atoms with Gasteiger partial charge in [-0.2, -0.15) is 0 Å². The molecule has 0 amide bonds. The standard InChI is InChI=1S/C6H5N3.C5H5BrN2.CH4/c1-8-6-4-2-3-5(7)9-6;6-4-2-1-3-5(7)8-4;/h2-4H,(H2,7,9);1-3H,(H2,7,8);1H4. The van der Waals surface area contributed by atoms with Gasteiger partial charge in [0.1, 0.15) is 10.4 Å². The quantitative estimate of drug-likeness (QED) is 0.578. The van der Waals surface area contributed by atoms with E-state index in [-0.39, 0.29) is 7.43 Å². The van der Waals surface area contributed by atoms with Crippen LogP contribution in [0.5, 0.6) is 0 Å². The third-order valence-electron chi connectivity index (χ3n) is 1.61. The maximum atomic E-state index is 6.55. The molecule has 0 radical (unpaired) electrons. The van der Waals surface area contributed by atoms with Crippen molar-refractivity contribution in [2.75, 3.05) is 11.5 Å². The number of nitrogen functional groups attached to an aromatic ring is 2. The molecule has 2 aromatic rings. The summed E-state index contributed by atoms with van der Waals surface area (Å²) < 4.78 is 0.775. The van der Waals surface area contributed by atoms with E-state index in [9.17, 15) is 0 Å². The fraction of sp³-hybridized carbons (Fsp3) is 0.0833. The monoisotopic (exact) mass is 307 g/mol. The molecule has 4 N–H and O–H groups in total. The van der Waals surface area contributed by atoms with E-state index in [0.717, 1.165) is 4.60 Å². The largest absolute Gasteiger partial charge is 0.384 e. The van der Waals surface area contributed by atoms with E-state index in [4.69, 9.17) is 18.0 Å². The minimum absolute atomic E-state index is 0. The van der Waals surface area contributed by atoms with Crippen LogP contribution in [0.4, 0.5) is 17.5 Å². The second-order valence-electron chi connectivity index (χ2n) is 2.92. The number of hydrogen-bond donors (Lipinski definition) is 2. The average Bonchev–Trinajstić information content (AvgIpc) is 2.29. The lowest BCUT2D eigenvalue weighted by Gasteiger charge is -1.88. The summed E-state index contributed by atoms with van der Waals surface area (Å²) in [5, 5.41) is 0. The van der Waals surface area contributed by atoms with Gasteiger partial charge >= 0.3 is 0 Å². The first kappa shape index (κ1) is 15.9. The predicted octanol–water partition coefficient (Wildman–Crippen LogP) is 3.28. The second kappa shape index (κ2) is 8.03.